The van der Waals surface area contributed by atoms with Crippen molar-refractivity contribution in [2.45, 2.75) is 27.7 Å². The molecule has 0 unspecified atom stereocenters. The summed E-state index contributed by atoms with van der Waals surface area (Å²) in [5.41, 5.74) is 4.56. The number of aromatic amines is 2. The molecular weight excluding hydrogens is 368 g/mol. The standard InChI is InChI=1S/C22H24N4O3/c1-6-26(7-2)22-24-19-11(3)16-14-10-13(21(28)29-5)8-9-15(14)23-18(16)12(4)17(19)20(27)25-22/h8-10,23H,6-7H2,1-5H3,(H,24,25,27). The Labute approximate surface area is 167 Å². The normalized spacial score (nSPS) is 11.5. The van der Waals surface area contributed by atoms with E-state index >= 15 is 0 Å². The second-order valence-corrected chi connectivity index (χ2v) is 7.16. The van der Waals surface area contributed by atoms with Crippen molar-refractivity contribution in [1.82, 2.24) is 15.0 Å². The maximum absolute atomic E-state index is 13.0. The number of fused-ring (bicyclic) bond motifs is 4. The van der Waals surface area contributed by atoms with Crippen molar-refractivity contribution in [3.8, 4) is 0 Å². The lowest BCUT2D eigenvalue weighted by Crippen LogP contribution is -2.27. The quantitative estimate of drug-likeness (QED) is 0.516. The predicted molar refractivity (Wildman–Crippen MR) is 116 cm³/mol. The lowest BCUT2D eigenvalue weighted by atomic mass is 9.99. The highest BCUT2D eigenvalue weighted by molar-refractivity contribution is 6.16. The molecule has 0 aliphatic rings. The molecule has 4 rings (SSSR count). The molecule has 0 saturated carbocycles. The number of aryl methyl sites for hydroxylation is 2. The van der Waals surface area contributed by atoms with E-state index in [0.29, 0.717) is 22.4 Å². The first-order valence-electron chi connectivity index (χ1n) is 9.73. The molecule has 2 heterocycles. The summed E-state index contributed by atoms with van der Waals surface area (Å²) in [5, 5.41) is 2.47. The van der Waals surface area contributed by atoms with Crippen molar-refractivity contribution in [3.63, 3.8) is 0 Å². The lowest BCUT2D eigenvalue weighted by Gasteiger charge is -2.20. The number of esters is 1. The first-order valence-corrected chi connectivity index (χ1v) is 9.73. The number of hydrogen-bond donors (Lipinski definition) is 2. The van der Waals surface area contributed by atoms with Crippen molar-refractivity contribution in [1.29, 1.82) is 0 Å². The summed E-state index contributed by atoms with van der Waals surface area (Å²) >= 11 is 0. The molecule has 7 nitrogen and oxygen atoms in total. The summed E-state index contributed by atoms with van der Waals surface area (Å²) in [6.45, 7) is 9.46. The largest absolute Gasteiger partial charge is 0.465 e. The summed E-state index contributed by atoms with van der Waals surface area (Å²) in [5.74, 6) is 0.194. The van der Waals surface area contributed by atoms with Gasteiger partial charge in [0.25, 0.3) is 5.56 Å². The van der Waals surface area contributed by atoms with E-state index in [1.807, 2.05) is 44.7 Å². The number of nitrogens with one attached hydrogen (secondary N) is 2. The highest BCUT2D eigenvalue weighted by atomic mass is 16.5. The minimum absolute atomic E-state index is 0.145. The van der Waals surface area contributed by atoms with Crippen LogP contribution in [0.1, 0.15) is 35.3 Å². The average Bonchev–Trinajstić information content (AvgIpc) is 3.11. The highest BCUT2D eigenvalue weighted by Gasteiger charge is 2.19. The number of nitrogens with zero attached hydrogens (tertiary/aromatic N) is 2. The van der Waals surface area contributed by atoms with Gasteiger partial charge in [-0.15, -0.1) is 0 Å². The van der Waals surface area contributed by atoms with Gasteiger partial charge in [0, 0.05) is 29.4 Å². The summed E-state index contributed by atoms with van der Waals surface area (Å²) < 4.78 is 4.87. The van der Waals surface area contributed by atoms with Gasteiger partial charge in [-0.2, -0.15) is 0 Å². The fourth-order valence-electron chi connectivity index (χ4n) is 4.10. The zero-order valence-electron chi connectivity index (χ0n) is 17.3. The molecule has 0 saturated heterocycles. The van der Waals surface area contributed by atoms with E-state index in [1.54, 1.807) is 6.07 Å². The van der Waals surface area contributed by atoms with Gasteiger partial charge in [0.15, 0.2) is 0 Å². The van der Waals surface area contributed by atoms with E-state index in [4.69, 9.17) is 9.72 Å². The number of ether oxygens (including phenoxy) is 1. The predicted octanol–water partition coefficient (Wildman–Crippen LogP) is 3.81. The Morgan fingerprint density at radius 1 is 1.10 bits per heavy atom. The summed E-state index contributed by atoms with van der Waals surface area (Å²) in [7, 11) is 1.37. The Bertz CT molecular complexity index is 1330. The molecule has 0 aliphatic carbocycles. The topological polar surface area (TPSA) is 91.1 Å². The Hall–Kier alpha value is -3.35. The number of hydrogen-bond acceptors (Lipinski definition) is 5. The molecule has 0 radical (unpaired) electrons. The number of H-pyrrole nitrogens is 2. The number of rotatable bonds is 4. The minimum atomic E-state index is -0.380. The van der Waals surface area contributed by atoms with Crippen LogP contribution in [0.25, 0.3) is 32.7 Å². The smallest absolute Gasteiger partial charge is 0.337 e. The van der Waals surface area contributed by atoms with Crippen LogP contribution < -0.4 is 10.5 Å². The highest BCUT2D eigenvalue weighted by Crippen LogP contribution is 2.35. The van der Waals surface area contributed by atoms with Crippen LogP contribution in [0.3, 0.4) is 0 Å². The van der Waals surface area contributed by atoms with Gasteiger partial charge in [-0.05, 0) is 57.0 Å². The number of carbonyl (C=O) groups is 1. The molecule has 0 spiro atoms. The fourth-order valence-corrected chi connectivity index (χ4v) is 4.10. The van der Waals surface area contributed by atoms with Gasteiger partial charge in [-0.25, -0.2) is 9.78 Å². The molecule has 0 fully saturated rings. The SMILES string of the molecule is CCN(CC)c1nc2c(C)c3c([nH]c4ccc(C(=O)OC)cc43)c(C)c2c(=O)[nH]1. The third-order valence-electron chi connectivity index (χ3n) is 5.67. The molecule has 0 bridgehead atoms. The van der Waals surface area contributed by atoms with Gasteiger partial charge in [0.05, 0.1) is 29.1 Å². The van der Waals surface area contributed by atoms with Crippen molar-refractivity contribution >= 4 is 44.6 Å². The molecule has 150 valence electrons. The Kier molecular flexibility index (Phi) is 4.53. The second-order valence-electron chi connectivity index (χ2n) is 7.16. The molecule has 29 heavy (non-hydrogen) atoms. The summed E-state index contributed by atoms with van der Waals surface area (Å²) in [6, 6.07) is 5.43. The third-order valence-corrected chi connectivity index (χ3v) is 5.67. The Morgan fingerprint density at radius 3 is 2.48 bits per heavy atom. The maximum Gasteiger partial charge on any atom is 0.337 e. The van der Waals surface area contributed by atoms with E-state index in [1.165, 1.54) is 7.11 Å². The van der Waals surface area contributed by atoms with Crippen LogP contribution in [-0.2, 0) is 4.74 Å². The van der Waals surface area contributed by atoms with Crippen LogP contribution in [-0.4, -0.2) is 41.1 Å². The maximum atomic E-state index is 13.0. The van der Waals surface area contributed by atoms with E-state index in [2.05, 4.69) is 9.97 Å². The molecular formula is C22H24N4O3. The third kappa shape index (κ3) is 2.76. The number of benzene rings is 2. The fraction of sp³-hybridized carbons (Fsp3) is 0.318. The molecule has 2 N–H and O–H groups in total. The van der Waals surface area contributed by atoms with Crippen LogP contribution in [0.5, 0.6) is 0 Å². The zero-order valence-corrected chi connectivity index (χ0v) is 17.3. The molecule has 7 heteroatoms. The van der Waals surface area contributed by atoms with Crippen LogP contribution >= 0.6 is 0 Å². The number of methoxy groups -OCH3 is 1. The van der Waals surface area contributed by atoms with Gasteiger partial charge in [0.1, 0.15) is 0 Å². The molecule has 0 atom stereocenters. The van der Waals surface area contributed by atoms with E-state index in [9.17, 15) is 9.59 Å². The van der Waals surface area contributed by atoms with Crippen LogP contribution in [0, 0.1) is 13.8 Å². The van der Waals surface area contributed by atoms with Crippen LogP contribution in [0.15, 0.2) is 23.0 Å². The molecule has 2 aromatic carbocycles. The average molecular weight is 392 g/mol. The van der Waals surface area contributed by atoms with E-state index in [0.717, 1.165) is 46.0 Å². The van der Waals surface area contributed by atoms with Crippen LogP contribution in [0.4, 0.5) is 5.95 Å². The van der Waals surface area contributed by atoms with Gasteiger partial charge < -0.3 is 14.6 Å². The van der Waals surface area contributed by atoms with Crippen LogP contribution in [0.2, 0.25) is 0 Å². The first-order chi connectivity index (χ1) is 13.9. The minimum Gasteiger partial charge on any atom is -0.465 e. The van der Waals surface area contributed by atoms with Gasteiger partial charge in [-0.3, -0.25) is 9.78 Å². The number of carbonyl (C=O) groups excluding carboxylic acids is 1. The van der Waals surface area contributed by atoms with E-state index < -0.39 is 0 Å². The van der Waals surface area contributed by atoms with E-state index in [-0.39, 0.29) is 11.5 Å². The Balaban J connectivity index is 2.14. The van der Waals surface area contributed by atoms with Gasteiger partial charge >= 0.3 is 5.97 Å². The number of anilines is 1. The van der Waals surface area contributed by atoms with Crippen molar-refractivity contribution in [2.24, 2.45) is 0 Å². The van der Waals surface area contributed by atoms with Gasteiger partial charge in [-0.1, -0.05) is 0 Å². The zero-order chi connectivity index (χ0) is 20.9. The molecule has 0 aliphatic heterocycles. The molecule has 2 aromatic heterocycles. The lowest BCUT2D eigenvalue weighted by molar-refractivity contribution is 0.0601. The van der Waals surface area contributed by atoms with Gasteiger partial charge in [0.2, 0.25) is 5.95 Å². The Morgan fingerprint density at radius 2 is 1.83 bits per heavy atom. The van der Waals surface area contributed by atoms with Crippen molar-refractivity contribution in [3.05, 3.63) is 45.2 Å². The molecule has 4 aromatic rings. The second kappa shape index (κ2) is 6.92. The van der Waals surface area contributed by atoms with Crippen molar-refractivity contribution < 1.29 is 9.53 Å². The summed E-state index contributed by atoms with van der Waals surface area (Å²) in [4.78, 5) is 38.1. The number of aromatic nitrogens is 3. The molecule has 0 amide bonds. The monoisotopic (exact) mass is 392 g/mol. The summed E-state index contributed by atoms with van der Waals surface area (Å²) in [6.07, 6.45) is 0. The first kappa shape index (κ1) is 19.0. The van der Waals surface area contributed by atoms with Crippen molar-refractivity contribution in [2.75, 3.05) is 25.1 Å².